The van der Waals surface area contributed by atoms with Gasteiger partial charge in [0.05, 0.1) is 18.9 Å². The van der Waals surface area contributed by atoms with E-state index in [1.807, 2.05) is 18.7 Å². The van der Waals surface area contributed by atoms with E-state index in [0.717, 1.165) is 5.69 Å². The first kappa shape index (κ1) is 11.5. The molecular weight excluding hydrogens is 226 g/mol. The monoisotopic (exact) mass is 241 g/mol. The summed E-state index contributed by atoms with van der Waals surface area (Å²) in [5, 5.41) is 4.02. The van der Waals surface area contributed by atoms with Crippen LogP contribution in [0.5, 0.6) is 0 Å². The molecule has 6 heteroatoms. The smallest absolute Gasteiger partial charge is 0.267 e. The van der Waals surface area contributed by atoms with Gasteiger partial charge in [-0.2, -0.15) is 0 Å². The van der Waals surface area contributed by atoms with E-state index in [4.69, 9.17) is 4.74 Å². The molecule has 0 bridgehead atoms. The maximum atomic E-state index is 12.2. The van der Waals surface area contributed by atoms with Crippen molar-refractivity contribution in [1.82, 2.24) is 14.5 Å². The second kappa shape index (κ2) is 4.88. The Balaban J connectivity index is 2.16. The Bertz CT molecular complexity index is 372. The Morgan fingerprint density at radius 3 is 2.75 bits per heavy atom. The number of nitrogens with zero attached hydrogens (tertiary/aromatic N) is 3. The molecule has 2 rings (SSSR count). The largest absolute Gasteiger partial charge is 0.378 e. The molecule has 0 atom stereocenters. The van der Waals surface area contributed by atoms with E-state index in [1.165, 1.54) is 11.5 Å². The van der Waals surface area contributed by atoms with Crippen LogP contribution in [0.4, 0.5) is 0 Å². The van der Waals surface area contributed by atoms with Crippen LogP contribution in [-0.2, 0) is 4.74 Å². The molecular formula is C10H15N3O2S. The average molecular weight is 241 g/mol. The Hall–Kier alpha value is -1.01. The van der Waals surface area contributed by atoms with Gasteiger partial charge >= 0.3 is 0 Å². The van der Waals surface area contributed by atoms with Crippen molar-refractivity contribution in [1.29, 1.82) is 0 Å². The van der Waals surface area contributed by atoms with E-state index in [1.54, 1.807) is 0 Å². The summed E-state index contributed by atoms with van der Waals surface area (Å²) in [6.45, 7) is 6.60. The molecule has 1 saturated heterocycles. The molecule has 1 fully saturated rings. The van der Waals surface area contributed by atoms with Crippen LogP contribution in [0.1, 0.15) is 35.1 Å². The number of carbonyl (C=O) groups excluding carboxylic acids is 1. The van der Waals surface area contributed by atoms with Crippen molar-refractivity contribution >= 4 is 17.4 Å². The number of rotatable bonds is 2. The van der Waals surface area contributed by atoms with E-state index >= 15 is 0 Å². The van der Waals surface area contributed by atoms with Crippen LogP contribution >= 0.6 is 11.5 Å². The van der Waals surface area contributed by atoms with E-state index in [2.05, 4.69) is 9.59 Å². The van der Waals surface area contributed by atoms with Crippen LogP contribution in [0.3, 0.4) is 0 Å². The molecule has 1 aliphatic rings. The molecule has 16 heavy (non-hydrogen) atoms. The summed E-state index contributed by atoms with van der Waals surface area (Å²) in [5.41, 5.74) is 0.807. The zero-order chi connectivity index (χ0) is 11.5. The van der Waals surface area contributed by atoms with Gasteiger partial charge in [-0.15, -0.1) is 5.10 Å². The predicted molar refractivity (Wildman–Crippen MR) is 60.7 cm³/mol. The maximum absolute atomic E-state index is 12.2. The van der Waals surface area contributed by atoms with Crippen molar-refractivity contribution in [3.63, 3.8) is 0 Å². The first-order chi connectivity index (χ1) is 7.70. The summed E-state index contributed by atoms with van der Waals surface area (Å²) in [5.74, 6) is 0.278. The molecule has 0 saturated carbocycles. The van der Waals surface area contributed by atoms with E-state index in [9.17, 15) is 4.79 Å². The van der Waals surface area contributed by atoms with Gasteiger partial charge in [-0.1, -0.05) is 18.3 Å². The molecule has 0 unspecified atom stereocenters. The van der Waals surface area contributed by atoms with Crippen LogP contribution < -0.4 is 0 Å². The number of ether oxygens (including phenoxy) is 1. The number of morpholine rings is 1. The SMILES string of the molecule is CC(C)c1nnsc1C(=O)N1CCOCC1. The summed E-state index contributed by atoms with van der Waals surface area (Å²) in [4.78, 5) is 14.7. The topological polar surface area (TPSA) is 55.3 Å². The van der Waals surface area contributed by atoms with Crippen molar-refractivity contribution in [3.8, 4) is 0 Å². The number of carbonyl (C=O) groups is 1. The average Bonchev–Trinajstić information content (AvgIpc) is 2.78. The lowest BCUT2D eigenvalue weighted by Crippen LogP contribution is -2.40. The molecule has 1 aromatic rings. The molecule has 0 aliphatic carbocycles. The lowest BCUT2D eigenvalue weighted by atomic mass is 10.1. The standard InChI is InChI=1S/C10H15N3O2S/c1-7(2)8-9(16-12-11-8)10(14)13-3-5-15-6-4-13/h7H,3-6H2,1-2H3. The van der Waals surface area contributed by atoms with Gasteiger partial charge < -0.3 is 9.64 Å². The lowest BCUT2D eigenvalue weighted by molar-refractivity contribution is 0.0305. The number of hydrogen-bond acceptors (Lipinski definition) is 5. The molecule has 1 amide bonds. The van der Waals surface area contributed by atoms with Crippen molar-refractivity contribution in [2.45, 2.75) is 19.8 Å². The van der Waals surface area contributed by atoms with Gasteiger partial charge in [-0.05, 0) is 17.5 Å². The highest BCUT2D eigenvalue weighted by molar-refractivity contribution is 7.08. The summed E-state index contributed by atoms with van der Waals surface area (Å²) >= 11 is 1.19. The first-order valence-electron chi connectivity index (χ1n) is 5.39. The number of aromatic nitrogens is 2. The van der Waals surface area contributed by atoms with Crippen molar-refractivity contribution in [2.24, 2.45) is 0 Å². The first-order valence-corrected chi connectivity index (χ1v) is 6.16. The second-order valence-corrected chi connectivity index (χ2v) is 4.80. The van der Waals surface area contributed by atoms with Gasteiger partial charge in [0.1, 0.15) is 4.88 Å². The third kappa shape index (κ3) is 2.22. The molecule has 0 aromatic carbocycles. The molecule has 0 radical (unpaired) electrons. The Morgan fingerprint density at radius 1 is 1.44 bits per heavy atom. The molecule has 1 aliphatic heterocycles. The minimum absolute atomic E-state index is 0.0435. The highest BCUT2D eigenvalue weighted by Gasteiger charge is 2.24. The fourth-order valence-electron chi connectivity index (χ4n) is 1.63. The van der Waals surface area contributed by atoms with Crippen LogP contribution in [0.2, 0.25) is 0 Å². The van der Waals surface area contributed by atoms with E-state index in [0.29, 0.717) is 31.2 Å². The zero-order valence-electron chi connectivity index (χ0n) is 9.47. The van der Waals surface area contributed by atoms with Crippen molar-refractivity contribution in [2.75, 3.05) is 26.3 Å². The second-order valence-electron chi connectivity index (χ2n) is 4.05. The Kier molecular flexibility index (Phi) is 3.50. The summed E-state index contributed by atoms with van der Waals surface area (Å²) in [7, 11) is 0. The van der Waals surface area contributed by atoms with Crippen LogP contribution in [-0.4, -0.2) is 46.7 Å². The summed E-state index contributed by atoms with van der Waals surface area (Å²) < 4.78 is 9.10. The quantitative estimate of drug-likeness (QED) is 0.779. The number of hydrogen-bond donors (Lipinski definition) is 0. The normalized spacial score (nSPS) is 16.8. The highest BCUT2D eigenvalue weighted by Crippen LogP contribution is 2.21. The zero-order valence-corrected chi connectivity index (χ0v) is 10.3. The van der Waals surface area contributed by atoms with E-state index in [-0.39, 0.29) is 11.8 Å². The maximum Gasteiger partial charge on any atom is 0.267 e. The fourth-order valence-corrected chi connectivity index (χ4v) is 2.42. The molecule has 1 aromatic heterocycles. The summed E-state index contributed by atoms with van der Waals surface area (Å²) in [6.07, 6.45) is 0. The Morgan fingerprint density at radius 2 is 2.12 bits per heavy atom. The molecule has 5 nitrogen and oxygen atoms in total. The van der Waals surface area contributed by atoms with E-state index < -0.39 is 0 Å². The van der Waals surface area contributed by atoms with Gasteiger partial charge in [0.2, 0.25) is 0 Å². The molecule has 88 valence electrons. The molecule has 0 N–H and O–H groups in total. The Labute approximate surface area is 98.6 Å². The van der Waals surface area contributed by atoms with Gasteiger partial charge in [0.15, 0.2) is 0 Å². The lowest BCUT2D eigenvalue weighted by Gasteiger charge is -2.26. The van der Waals surface area contributed by atoms with Gasteiger partial charge in [-0.3, -0.25) is 4.79 Å². The van der Waals surface area contributed by atoms with Crippen LogP contribution in [0.25, 0.3) is 0 Å². The van der Waals surface area contributed by atoms with Crippen molar-refractivity contribution in [3.05, 3.63) is 10.6 Å². The summed E-state index contributed by atoms with van der Waals surface area (Å²) in [6, 6.07) is 0. The third-order valence-corrected chi connectivity index (χ3v) is 3.28. The highest BCUT2D eigenvalue weighted by atomic mass is 32.1. The minimum atomic E-state index is 0.0435. The molecule has 2 heterocycles. The van der Waals surface area contributed by atoms with Crippen molar-refractivity contribution < 1.29 is 9.53 Å². The minimum Gasteiger partial charge on any atom is -0.378 e. The third-order valence-electron chi connectivity index (χ3n) is 2.55. The molecule has 0 spiro atoms. The van der Waals surface area contributed by atoms with Gasteiger partial charge in [0, 0.05) is 13.1 Å². The van der Waals surface area contributed by atoms with Gasteiger partial charge in [-0.25, -0.2) is 0 Å². The van der Waals surface area contributed by atoms with Crippen LogP contribution in [0.15, 0.2) is 0 Å². The van der Waals surface area contributed by atoms with Crippen LogP contribution in [0, 0.1) is 0 Å². The number of amides is 1. The van der Waals surface area contributed by atoms with Gasteiger partial charge in [0.25, 0.3) is 5.91 Å². The predicted octanol–water partition coefficient (Wildman–Crippen LogP) is 1.13. The fraction of sp³-hybridized carbons (Fsp3) is 0.700.